The maximum atomic E-state index is 4.72. The van der Waals surface area contributed by atoms with Gasteiger partial charge in [-0.15, -0.1) is 0 Å². The number of aromatic nitrogens is 4. The minimum Gasteiger partial charge on any atom is -0.309 e. The molecular weight excluding hydrogens is 611 g/mol. The number of para-hydroxylation sites is 3. The summed E-state index contributed by atoms with van der Waals surface area (Å²) in [6, 6.07) is 54.7. The van der Waals surface area contributed by atoms with E-state index < -0.39 is 0 Å². The van der Waals surface area contributed by atoms with E-state index in [1.54, 1.807) is 0 Å². The number of nitrogens with zero attached hydrogens (tertiary/aromatic N) is 5. The Bertz CT molecular complexity index is 2850. The standard InChI is InChI=1S/C45H31N5/c1-28-46-29(2)48-45(47-28)49(33-11-5-3-6-12-33)35-22-17-30(18-23-35)36-24-19-31-20-26-39-43-32(21-25-38(36)42(31)43)27-40-37-15-9-10-16-41(37)50(44(39)40)34-13-7-4-8-14-34/h3-27H,1-2H3. The third-order valence-electron chi connectivity index (χ3n) is 9.93. The monoisotopic (exact) mass is 641 g/mol. The Balaban J connectivity index is 1.17. The number of anilines is 3. The molecule has 0 unspecified atom stereocenters. The summed E-state index contributed by atoms with van der Waals surface area (Å²) in [5, 5.41) is 10.2. The molecule has 0 aliphatic heterocycles. The van der Waals surface area contributed by atoms with E-state index in [0.717, 1.165) is 16.9 Å². The normalized spacial score (nSPS) is 11.8. The van der Waals surface area contributed by atoms with Crippen molar-refractivity contribution in [1.82, 2.24) is 19.5 Å². The zero-order valence-corrected chi connectivity index (χ0v) is 27.7. The molecule has 5 nitrogen and oxygen atoms in total. The first kappa shape index (κ1) is 28.4. The van der Waals surface area contributed by atoms with Gasteiger partial charge in [-0.3, -0.25) is 4.90 Å². The van der Waals surface area contributed by atoms with Gasteiger partial charge in [0.2, 0.25) is 5.95 Å². The molecular formula is C45H31N5. The summed E-state index contributed by atoms with van der Waals surface area (Å²) in [5.74, 6) is 2.00. The SMILES string of the molecule is Cc1nc(C)nc(N(c2ccccc2)c2ccc(-c3ccc4ccc5c6c(ccc3c46)cc3c4ccccc4n(-c4ccccc4)c35)cc2)n1. The summed E-state index contributed by atoms with van der Waals surface area (Å²) in [6.45, 7) is 3.81. The van der Waals surface area contributed by atoms with Crippen molar-refractivity contribution >= 4 is 71.4 Å². The lowest BCUT2D eigenvalue weighted by atomic mass is 9.89. The van der Waals surface area contributed by atoms with Crippen LogP contribution in [0.25, 0.3) is 70.9 Å². The van der Waals surface area contributed by atoms with Gasteiger partial charge < -0.3 is 4.57 Å². The third-order valence-corrected chi connectivity index (χ3v) is 9.93. The Morgan fingerprint density at radius 3 is 1.88 bits per heavy atom. The Kier molecular flexibility index (Phi) is 6.24. The van der Waals surface area contributed by atoms with Crippen molar-refractivity contribution < 1.29 is 0 Å². The highest BCUT2D eigenvalue weighted by Crippen LogP contribution is 2.45. The van der Waals surface area contributed by atoms with E-state index in [0.29, 0.717) is 17.6 Å². The molecule has 10 rings (SSSR count). The van der Waals surface area contributed by atoms with Crippen molar-refractivity contribution in [3.63, 3.8) is 0 Å². The lowest BCUT2D eigenvalue weighted by molar-refractivity contribution is 0.906. The summed E-state index contributed by atoms with van der Waals surface area (Å²) < 4.78 is 2.43. The van der Waals surface area contributed by atoms with Crippen LogP contribution < -0.4 is 4.90 Å². The topological polar surface area (TPSA) is 46.8 Å². The van der Waals surface area contributed by atoms with Crippen molar-refractivity contribution in [3.05, 3.63) is 163 Å². The van der Waals surface area contributed by atoms with Crippen LogP contribution in [0.4, 0.5) is 17.3 Å². The van der Waals surface area contributed by atoms with Crippen molar-refractivity contribution in [3.8, 4) is 16.8 Å². The molecule has 5 heteroatoms. The van der Waals surface area contributed by atoms with Gasteiger partial charge in [0.05, 0.1) is 11.0 Å². The zero-order chi connectivity index (χ0) is 33.3. The minimum absolute atomic E-state index is 0.607. The van der Waals surface area contributed by atoms with Gasteiger partial charge in [-0.25, -0.2) is 4.98 Å². The van der Waals surface area contributed by atoms with Crippen molar-refractivity contribution in [2.45, 2.75) is 13.8 Å². The van der Waals surface area contributed by atoms with E-state index in [2.05, 4.69) is 148 Å². The first-order valence-corrected chi connectivity index (χ1v) is 17.0. The molecule has 10 aromatic rings. The van der Waals surface area contributed by atoms with Gasteiger partial charge in [0.15, 0.2) is 0 Å². The number of aryl methyl sites for hydroxylation is 2. The number of rotatable bonds is 5. The van der Waals surface area contributed by atoms with E-state index in [1.807, 2.05) is 32.0 Å². The van der Waals surface area contributed by atoms with Crippen LogP contribution in [-0.2, 0) is 0 Å². The highest BCUT2D eigenvalue weighted by Gasteiger charge is 2.20. The van der Waals surface area contributed by atoms with Gasteiger partial charge in [0.1, 0.15) is 11.6 Å². The van der Waals surface area contributed by atoms with Gasteiger partial charge >= 0.3 is 0 Å². The molecule has 0 radical (unpaired) electrons. The molecule has 0 saturated heterocycles. The zero-order valence-electron chi connectivity index (χ0n) is 27.7. The number of hydrogen-bond acceptors (Lipinski definition) is 4. The Morgan fingerprint density at radius 2 is 1.10 bits per heavy atom. The van der Waals surface area contributed by atoms with Crippen LogP contribution in [0.15, 0.2) is 152 Å². The summed E-state index contributed by atoms with van der Waals surface area (Å²) >= 11 is 0. The number of hydrogen-bond donors (Lipinski definition) is 0. The fourth-order valence-corrected chi connectivity index (χ4v) is 7.87. The van der Waals surface area contributed by atoms with Crippen LogP contribution >= 0.6 is 0 Å². The second kappa shape index (κ2) is 11.0. The average Bonchev–Trinajstić information content (AvgIpc) is 3.49. The van der Waals surface area contributed by atoms with Gasteiger partial charge in [-0.2, -0.15) is 9.97 Å². The molecule has 50 heavy (non-hydrogen) atoms. The molecule has 0 amide bonds. The van der Waals surface area contributed by atoms with Gasteiger partial charge in [-0.05, 0) is 100 Å². The summed E-state index contributed by atoms with van der Waals surface area (Å²) in [4.78, 5) is 15.9. The van der Waals surface area contributed by atoms with Crippen LogP contribution in [-0.4, -0.2) is 19.5 Å². The Morgan fingerprint density at radius 1 is 0.480 bits per heavy atom. The maximum absolute atomic E-state index is 4.72. The van der Waals surface area contributed by atoms with Gasteiger partial charge in [-0.1, -0.05) is 103 Å². The Labute approximate surface area is 289 Å². The molecule has 0 aliphatic carbocycles. The van der Waals surface area contributed by atoms with Crippen molar-refractivity contribution in [2.24, 2.45) is 0 Å². The van der Waals surface area contributed by atoms with Crippen LogP contribution in [0.1, 0.15) is 11.6 Å². The van der Waals surface area contributed by atoms with Crippen LogP contribution in [0.5, 0.6) is 0 Å². The second-order valence-electron chi connectivity index (χ2n) is 12.9. The summed E-state index contributed by atoms with van der Waals surface area (Å²) in [5.41, 5.74) is 7.98. The quantitative estimate of drug-likeness (QED) is 0.175. The minimum atomic E-state index is 0.607. The van der Waals surface area contributed by atoms with Crippen LogP contribution in [0, 0.1) is 13.8 Å². The lowest BCUT2D eigenvalue weighted by Gasteiger charge is -2.23. The molecule has 0 spiro atoms. The molecule has 0 atom stereocenters. The average molecular weight is 642 g/mol. The highest BCUT2D eigenvalue weighted by molar-refractivity contribution is 6.32. The molecule has 0 N–H and O–H groups in total. The second-order valence-corrected chi connectivity index (χ2v) is 12.9. The molecule has 236 valence electrons. The largest absolute Gasteiger partial charge is 0.309 e. The van der Waals surface area contributed by atoms with Crippen molar-refractivity contribution in [2.75, 3.05) is 4.90 Å². The van der Waals surface area contributed by atoms with E-state index in [9.17, 15) is 0 Å². The fourth-order valence-electron chi connectivity index (χ4n) is 7.87. The molecule has 8 aromatic carbocycles. The van der Waals surface area contributed by atoms with E-state index in [-0.39, 0.29) is 0 Å². The fraction of sp³-hybridized carbons (Fsp3) is 0.0444. The first-order chi connectivity index (χ1) is 24.6. The predicted molar refractivity (Wildman–Crippen MR) is 207 cm³/mol. The van der Waals surface area contributed by atoms with E-state index >= 15 is 0 Å². The van der Waals surface area contributed by atoms with Gasteiger partial charge in [0, 0.05) is 33.2 Å². The first-order valence-electron chi connectivity index (χ1n) is 17.0. The summed E-state index contributed by atoms with van der Waals surface area (Å²) in [7, 11) is 0. The summed E-state index contributed by atoms with van der Waals surface area (Å²) in [6.07, 6.45) is 0. The Hall–Kier alpha value is -6.59. The molecule has 2 heterocycles. The van der Waals surface area contributed by atoms with Crippen LogP contribution in [0.3, 0.4) is 0 Å². The maximum Gasteiger partial charge on any atom is 0.238 e. The number of fused-ring (bicyclic) bond motifs is 4. The van der Waals surface area contributed by atoms with E-state index in [1.165, 1.54) is 65.4 Å². The molecule has 0 bridgehead atoms. The molecule has 0 aliphatic rings. The molecule has 0 fully saturated rings. The predicted octanol–water partition coefficient (Wildman–Crippen LogP) is 11.6. The van der Waals surface area contributed by atoms with Crippen LogP contribution in [0.2, 0.25) is 0 Å². The molecule has 2 aromatic heterocycles. The third kappa shape index (κ3) is 4.30. The van der Waals surface area contributed by atoms with Crippen molar-refractivity contribution in [1.29, 1.82) is 0 Å². The van der Waals surface area contributed by atoms with Gasteiger partial charge in [0.25, 0.3) is 0 Å². The highest BCUT2D eigenvalue weighted by atomic mass is 15.3. The molecule has 0 saturated carbocycles. The lowest BCUT2D eigenvalue weighted by Crippen LogP contribution is -2.15. The smallest absolute Gasteiger partial charge is 0.238 e. The number of benzene rings is 8. The van der Waals surface area contributed by atoms with E-state index in [4.69, 9.17) is 9.97 Å².